The highest BCUT2D eigenvalue weighted by Crippen LogP contribution is 2.27. The summed E-state index contributed by atoms with van der Waals surface area (Å²) in [5, 5.41) is 4.00. The van der Waals surface area contributed by atoms with Gasteiger partial charge in [-0.15, -0.1) is 0 Å². The van der Waals surface area contributed by atoms with Gasteiger partial charge in [-0.1, -0.05) is 17.7 Å². The van der Waals surface area contributed by atoms with E-state index in [1.54, 1.807) is 12.3 Å². The number of carbonyl (C=O) groups excluding carboxylic acids is 1. The Morgan fingerprint density at radius 2 is 1.83 bits per heavy atom. The van der Waals surface area contributed by atoms with E-state index in [0.717, 1.165) is 11.1 Å². The topological polar surface area (TPSA) is 59.9 Å². The Balaban J connectivity index is 2.05. The second-order valence-corrected chi connectivity index (χ2v) is 5.14. The molecule has 2 aromatic carbocycles. The van der Waals surface area contributed by atoms with Gasteiger partial charge in [-0.3, -0.25) is 4.79 Å². The second-order valence-electron chi connectivity index (χ2n) is 5.14. The molecule has 1 amide bonds. The number of amides is 1. The third-order valence-electron chi connectivity index (χ3n) is 3.23. The molecule has 2 aromatic rings. The SMILES string of the molecule is CCOc1ccc(/C=N\NC(=O)c2cccc(C)c2)cc1OCC. The van der Waals surface area contributed by atoms with Gasteiger partial charge in [0.1, 0.15) is 0 Å². The van der Waals surface area contributed by atoms with Crippen molar-refractivity contribution < 1.29 is 14.3 Å². The van der Waals surface area contributed by atoms with Gasteiger partial charge in [0.2, 0.25) is 0 Å². The summed E-state index contributed by atoms with van der Waals surface area (Å²) >= 11 is 0. The summed E-state index contributed by atoms with van der Waals surface area (Å²) in [5.74, 6) is 1.11. The lowest BCUT2D eigenvalue weighted by atomic mass is 10.1. The molecule has 5 heteroatoms. The van der Waals surface area contributed by atoms with Gasteiger partial charge in [-0.25, -0.2) is 5.43 Å². The molecule has 126 valence electrons. The van der Waals surface area contributed by atoms with Crippen molar-refractivity contribution in [2.45, 2.75) is 20.8 Å². The van der Waals surface area contributed by atoms with Crippen molar-refractivity contribution in [3.63, 3.8) is 0 Å². The molecule has 1 N–H and O–H groups in total. The van der Waals surface area contributed by atoms with Crippen LogP contribution in [0.25, 0.3) is 0 Å². The van der Waals surface area contributed by atoms with E-state index in [2.05, 4.69) is 10.5 Å². The molecule has 0 aliphatic rings. The average Bonchev–Trinajstić information content (AvgIpc) is 2.57. The van der Waals surface area contributed by atoms with Gasteiger partial charge in [0.25, 0.3) is 5.91 Å². The molecule has 0 unspecified atom stereocenters. The molecule has 0 spiro atoms. The van der Waals surface area contributed by atoms with Crippen LogP contribution in [0.3, 0.4) is 0 Å². The molecule has 2 rings (SSSR count). The van der Waals surface area contributed by atoms with Gasteiger partial charge >= 0.3 is 0 Å². The summed E-state index contributed by atoms with van der Waals surface area (Å²) in [6, 6.07) is 12.9. The molecule has 0 saturated carbocycles. The van der Waals surface area contributed by atoms with E-state index in [9.17, 15) is 4.79 Å². The number of benzene rings is 2. The van der Waals surface area contributed by atoms with Crippen molar-refractivity contribution >= 4 is 12.1 Å². The fourth-order valence-electron chi connectivity index (χ4n) is 2.16. The molecular formula is C19H22N2O3. The average molecular weight is 326 g/mol. The Labute approximate surface area is 142 Å². The third kappa shape index (κ3) is 4.84. The van der Waals surface area contributed by atoms with E-state index in [1.165, 1.54) is 0 Å². The zero-order valence-corrected chi connectivity index (χ0v) is 14.2. The van der Waals surface area contributed by atoms with Gasteiger partial charge in [0.05, 0.1) is 19.4 Å². The minimum Gasteiger partial charge on any atom is -0.490 e. The summed E-state index contributed by atoms with van der Waals surface area (Å²) in [5.41, 5.74) is 4.94. The summed E-state index contributed by atoms with van der Waals surface area (Å²) < 4.78 is 11.1. The van der Waals surface area contributed by atoms with Crippen molar-refractivity contribution in [1.82, 2.24) is 5.43 Å². The monoisotopic (exact) mass is 326 g/mol. The molecule has 0 radical (unpaired) electrons. The van der Waals surface area contributed by atoms with Gasteiger partial charge in [-0.2, -0.15) is 5.10 Å². The maximum Gasteiger partial charge on any atom is 0.271 e. The second kappa shape index (κ2) is 8.72. The quantitative estimate of drug-likeness (QED) is 0.625. The zero-order chi connectivity index (χ0) is 17.4. The molecule has 0 aliphatic carbocycles. The number of ether oxygens (including phenoxy) is 2. The van der Waals surface area contributed by atoms with Crippen LogP contribution in [0, 0.1) is 6.92 Å². The van der Waals surface area contributed by atoms with E-state index in [0.29, 0.717) is 30.3 Å². The van der Waals surface area contributed by atoms with E-state index in [4.69, 9.17) is 9.47 Å². The highest BCUT2D eigenvalue weighted by atomic mass is 16.5. The number of hydrogen-bond acceptors (Lipinski definition) is 4. The van der Waals surface area contributed by atoms with E-state index >= 15 is 0 Å². The lowest BCUT2D eigenvalue weighted by molar-refractivity contribution is 0.0955. The predicted octanol–water partition coefficient (Wildman–Crippen LogP) is 3.56. The van der Waals surface area contributed by atoms with Crippen molar-refractivity contribution in [2.75, 3.05) is 13.2 Å². The maximum atomic E-state index is 12.0. The van der Waals surface area contributed by atoms with Crippen molar-refractivity contribution in [3.8, 4) is 11.5 Å². The van der Waals surface area contributed by atoms with Gasteiger partial charge in [-0.05, 0) is 56.7 Å². The Morgan fingerprint density at radius 1 is 1.08 bits per heavy atom. The molecule has 24 heavy (non-hydrogen) atoms. The Hall–Kier alpha value is -2.82. The molecule has 0 atom stereocenters. The van der Waals surface area contributed by atoms with Gasteiger partial charge in [0, 0.05) is 5.56 Å². The molecule has 0 bridgehead atoms. The Morgan fingerprint density at radius 3 is 2.54 bits per heavy atom. The van der Waals surface area contributed by atoms with Crippen LogP contribution >= 0.6 is 0 Å². The predicted molar refractivity (Wildman–Crippen MR) is 95.0 cm³/mol. The van der Waals surface area contributed by atoms with E-state index in [-0.39, 0.29) is 5.91 Å². The first-order valence-electron chi connectivity index (χ1n) is 7.93. The normalized spacial score (nSPS) is 10.6. The van der Waals surface area contributed by atoms with Crippen molar-refractivity contribution in [2.24, 2.45) is 5.10 Å². The number of aryl methyl sites for hydroxylation is 1. The molecule has 5 nitrogen and oxygen atoms in total. The smallest absolute Gasteiger partial charge is 0.271 e. The number of hydrogen-bond donors (Lipinski definition) is 1. The largest absolute Gasteiger partial charge is 0.490 e. The fourth-order valence-corrected chi connectivity index (χ4v) is 2.16. The number of nitrogens with one attached hydrogen (secondary N) is 1. The molecule has 0 aliphatic heterocycles. The lowest BCUT2D eigenvalue weighted by Crippen LogP contribution is -2.17. The molecule has 0 fully saturated rings. The highest BCUT2D eigenvalue weighted by Gasteiger charge is 2.06. The molecule has 0 saturated heterocycles. The van der Waals surface area contributed by atoms with E-state index < -0.39 is 0 Å². The van der Waals surface area contributed by atoms with Gasteiger partial charge < -0.3 is 9.47 Å². The van der Waals surface area contributed by atoms with E-state index in [1.807, 2.05) is 57.2 Å². The number of rotatable bonds is 7. The fraction of sp³-hybridized carbons (Fsp3) is 0.263. The van der Waals surface area contributed by atoms with Crippen LogP contribution < -0.4 is 14.9 Å². The van der Waals surface area contributed by atoms with Crippen LogP contribution in [0.5, 0.6) is 11.5 Å². The first-order chi connectivity index (χ1) is 11.6. The Bertz CT molecular complexity index is 726. The number of carbonyl (C=O) groups is 1. The first-order valence-corrected chi connectivity index (χ1v) is 7.93. The highest BCUT2D eigenvalue weighted by molar-refractivity contribution is 5.95. The van der Waals surface area contributed by atoms with Crippen molar-refractivity contribution in [3.05, 3.63) is 59.2 Å². The summed E-state index contributed by atoms with van der Waals surface area (Å²) in [7, 11) is 0. The van der Waals surface area contributed by atoms with Crippen LogP contribution in [0.4, 0.5) is 0 Å². The Kier molecular flexibility index (Phi) is 6.37. The lowest BCUT2D eigenvalue weighted by Gasteiger charge is -2.11. The van der Waals surface area contributed by atoms with Crippen LogP contribution in [-0.2, 0) is 0 Å². The first kappa shape index (κ1) is 17.5. The summed E-state index contributed by atoms with van der Waals surface area (Å²) in [6.45, 7) is 6.89. The standard InChI is InChI=1S/C19H22N2O3/c1-4-23-17-10-9-15(12-18(17)24-5-2)13-20-21-19(22)16-8-6-7-14(3)11-16/h6-13H,4-5H2,1-3H3,(H,21,22)/b20-13-. The van der Waals surface area contributed by atoms with Crippen LogP contribution in [-0.4, -0.2) is 25.3 Å². The zero-order valence-electron chi connectivity index (χ0n) is 14.2. The molecular weight excluding hydrogens is 304 g/mol. The van der Waals surface area contributed by atoms with Crippen molar-refractivity contribution in [1.29, 1.82) is 0 Å². The van der Waals surface area contributed by atoms with Crippen LogP contribution in [0.1, 0.15) is 35.3 Å². The maximum absolute atomic E-state index is 12.0. The number of hydrazone groups is 1. The van der Waals surface area contributed by atoms with Gasteiger partial charge in [0.15, 0.2) is 11.5 Å². The minimum absolute atomic E-state index is 0.245. The molecule has 0 aromatic heterocycles. The number of nitrogens with zero attached hydrogens (tertiary/aromatic N) is 1. The van der Waals surface area contributed by atoms with Crippen LogP contribution in [0.2, 0.25) is 0 Å². The molecule has 0 heterocycles. The minimum atomic E-state index is -0.245. The third-order valence-corrected chi connectivity index (χ3v) is 3.23. The summed E-state index contributed by atoms with van der Waals surface area (Å²) in [4.78, 5) is 12.0. The van der Waals surface area contributed by atoms with Crippen LogP contribution in [0.15, 0.2) is 47.6 Å². The summed E-state index contributed by atoms with van der Waals surface area (Å²) in [6.07, 6.45) is 1.58.